The summed E-state index contributed by atoms with van der Waals surface area (Å²) in [7, 11) is 0. The van der Waals surface area contributed by atoms with E-state index in [0.29, 0.717) is 19.1 Å². The highest BCUT2D eigenvalue weighted by atomic mass is 19.4. The summed E-state index contributed by atoms with van der Waals surface area (Å²) in [5, 5.41) is 13.6. The van der Waals surface area contributed by atoms with Crippen molar-refractivity contribution in [3.63, 3.8) is 0 Å². The molecular weight excluding hydrogens is 451 g/mol. The molecule has 1 saturated heterocycles. The summed E-state index contributed by atoms with van der Waals surface area (Å²) in [6, 6.07) is -3.20. The minimum atomic E-state index is -4.82. The Morgan fingerprint density at radius 2 is 1.94 bits per heavy atom. The van der Waals surface area contributed by atoms with Crippen LogP contribution in [-0.2, 0) is 28.7 Å². The Kier molecular flexibility index (Phi) is 8.60. The van der Waals surface area contributed by atoms with Gasteiger partial charge in [-0.15, -0.1) is 13.2 Å². The first kappa shape index (κ1) is 25.9. The van der Waals surface area contributed by atoms with Gasteiger partial charge in [0.05, 0.1) is 12.5 Å². The molecule has 33 heavy (non-hydrogen) atoms. The number of carboxylic acid groups (broad SMARTS) is 1. The van der Waals surface area contributed by atoms with Crippen LogP contribution in [0.3, 0.4) is 0 Å². The van der Waals surface area contributed by atoms with Crippen molar-refractivity contribution in [2.75, 3.05) is 6.54 Å². The van der Waals surface area contributed by atoms with Crippen LogP contribution in [0.5, 0.6) is 0 Å². The van der Waals surface area contributed by atoms with Crippen molar-refractivity contribution in [3.8, 4) is 0 Å². The van der Waals surface area contributed by atoms with E-state index in [-0.39, 0.29) is 30.7 Å². The number of aldehydes is 1. The number of alkyl halides is 3. The number of likely N-dealkylation sites (tertiary alicyclic amines) is 1. The second-order valence-electron chi connectivity index (χ2n) is 7.61. The predicted octanol–water partition coefficient (Wildman–Crippen LogP) is 0.781. The summed E-state index contributed by atoms with van der Waals surface area (Å²) >= 11 is 0. The topological polar surface area (TPSA) is 142 Å². The summed E-state index contributed by atoms with van der Waals surface area (Å²) in [6.07, 6.45) is -2.25. The van der Waals surface area contributed by atoms with Crippen LogP contribution in [0.15, 0.2) is 23.5 Å². The SMILES string of the molecule is CC(NC(=O)C1=CC=C(OC(F)(F)F)CC1)C(=O)N1CCC[C@H]1C(=O)NC(C=O)CC(=O)O. The number of aliphatic carboxylic acids is 1. The highest BCUT2D eigenvalue weighted by molar-refractivity contribution is 5.98. The zero-order chi connectivity index (χ0) is 24.8. The minimum absolute atomic E-state index is 0.0138. The Labute approximate surface area is 186 Å². The zero-order valence-corrected chi connectivity index (χ0v) is 17.7. The number of nitrogens with one attached hydrogen (secondary N) is 2. The minimum Gasteiger partial charge on any atom is -0.481 e. The maximum atomic E-state index is 12.8. The van der Waals surface area contributed by atoms with Crippen molar-refractivity contribution < 1.29 is 47.0 Å². The number of amides is 3. The maximum Gasteiger partial charge on any atom is 0.572 e. The predicted molar refractivity (Wildman–Crippen MR) is 105 cm³/mol. The number of rotatable bonds is 9. The van der Waals surface area contributed by atoms with Crippen LogP contribution in [-0.4, -0.2) is 71.0 Å². The number of hydrogen-bond acceptors (Lipinski definition) is 6. The fourth-order valence-corrected chi connectivity index (χ4v) is 3.54. The van der Waals surface area contributed by atoms with Gasteiger partial charge in [0.1, 0.15) is 24.1 Å². The smallest absolute Gasteiger partial charge is 0.481 e. The number of halogens is 3. The molecule has 2 unspecified atom stereocenters. The van der Waals surface area contributed by atoms with Crippen LogP contribution >= 0.6 is 0 Å². The molecule has 1 aliphatic carbocycles. The zero-order valence-electron chi connectivity index (χ0n) is 17.7. The molecule has 0 aromatic rings. The fraction of sp³-hybridized carbons (Fsp3) is 0.550. The lowest BCUT2D eigenvalue weighted by Crippen LogP contribution is -2.54. The van der Waals surface area contributed by atoms with E-state index in [1.807, 2.05) is 0 Å². The lowest BCUT2D eigenvalue weighted by atomic mass is 10.0. The Morgan fingerprint density at radius 1 is 1.24 bits per heavy atom. The van der Waals surface area contributed by atoms with Crippen LogP contribution in [0.2, 0.25) is 0 Å². The van der Waals surface area contributed by atoms with Crippen molar-refractivity contribution >= 4 is 30.0 Å². The molecule has 0 saturated carbocycles. The molecule has 1 heterocycles. The lowest BCUT2D eigenvalue weighted by Gasteiger charge is -2.28. The molecule has 0 aromatic carbocycles. The third kappa shape index (κ3) is 7.61. The van der Waals surface area contributed by atoms with Gasteiger partial charge in [0.2, 0.25) is 17.7 Å². The monoisotopic (exact) mass is 475 g/mol. The highest BCUT2D eigenvalue weighted by Crippen LogP contribution is 2.27. The Hall–Kier alpha value is -3.38. The van der Waals surface area contributed by atoms with Gasteiger partial charge in [0.25, 0.3) is 0 Å². The van der Waals surface area contributed by atoms with E-state index in [0.717, 1.165) is 6.08 Å². The number of hydrogen-bond donors (Lipinski definition) is 3. The van der Waals surface area contributed by atoms with E-state index in [1.165, 1.54) is 17.9 Å². The molecule has 0 aromatic heterocycles. The maximum absolute atomic E-state index is 12.8. The number of carboxylic acids is 1. The van der Waals surface area contributed by atoms with Gasteiger partial charge in [0, 0.05) is 18.5 Å². The molecule has 0 spiro atoms. The highest BCUT2D eigenvalue weighted by Gasteiger charge is 2.37. The average Bonchev–Trinajstić information content (AvgIpc) is 3.21. The van der Waals surface area contributed by atoms with Crippen LogP contribution in [0.1, 0.15) is 39.0 Å². The molecule has 0 radical (unpaired) electrons. The number of carbonyl (C=O) groups excluding carboxylic acids is 4. The van der Waals surface area contributed by atoms with E-state index in [4.69, 9.17) is 5.11 Å². The van der Waals surface area contributed by atoms with Crippen LogP contribution in [0, 0.1) is 0 Å². The fourth-order valence-electron chi connectivity index (χ4n) is 3.54. The van der Waals surface area contributed by atoms with E-state index in [2.05, 4.69) is 15.4 Å². The Balaban J connectivity index is 1.96. The summed E-state index contributed by atoms with van der Waals surface area (Å²) < 4.78 is 40.6. The molecule has 2 aliphatic rings. The van der Waals surface area contributed by atoms with Gasteiger partial charge in [-0.25, -0.2) is 0 Å². The van der Waals surface area contributed by atoms with E-state index < -0.39 is 54.6 Å². The summed E-state index contributed by atoms with van der Waals surface area (Å²) in [4.78, 5) is 60.7. The van der Waals surface area contributed by atoms with Crippen molar-refractivity contribution in [1.29, 1.82) is 0 Å². The molecule has 0 bridgehead atoms. The summed E-state index contributed by atoms with van der Waals surface area (Å²) in [5.41, 5.74) is 0.169. The number of carbonyl (C=O) groups is 5. The molecule has 3 atom stereocenters. The average molecular weight is 475 g/mol. The van der Waals surface area contributed by atoms with Gasteiger partial charge >= 0.3 is 12.3 Å². The summed E-state index contributed by atoms with van der Waals surface area (Å²) in [6.45, 7) is 1.63. The van der Waals surface area contributed by atoms with Gasteiger partial charge in [-0.1, -0.05) is 6.08 Å². The summed E-state index contributed by atoms with van der Waals surface area (Å²) in [5.74, 6) is -3.47. The molecule has 13 heteroatoms. The number of nitrogens with zero attached hydrogens (tertiary/aromatic N) is 1. The normalized spacial score (nSPS) is 20.1. The molecule has 10 nitrogen and oxygen atoms in total. The third-order valence-corrected chi connectivity index (χ3v) is 5.09. The van der Waals surface area contributed by atoms with Gasteiger partial charge in [0.15, 0.2) is 0 Å². The second kappa shape index (κ2) is 11.0. The van der Waals surface area contributed by atoms with Crippen LogP contribution in [0.4, 0.5) is 13.2 Å². The molecule has 2 rings (SSSR count). The molecule has 1 aliphatic heterocycles. The first-order valence-corrected chi connectivity index (χ1v) is 10.2. The Bertz CT molecular complexity index is 869. The first-order chi connectivity index (χ1) is 15.4. The molecule has 3 N–H and O–H groups in total. The van der Waals surface area contributed by atoms with Gasteiger partial charge < -0.3 is 30.2 Å². The van der Waals surface area contributed by atoms with Crippen molar-refractivity contribution in [2.45, 2.75) is 63.5 Å². The largest absolute Gasteiger partial charge is 0.572 e. The van der Waals surface area contributed by atoms with Crippen molar-refractivity contribution in [3.05, 3.63) is 23.5 Å². The van der Waals surface area contributed by atoms with E-state index >= 15 is 0 Å². The Morgan fingerprint density at radius 3 is 2.48 bits per heavy atom. The van der Waals surface area contributed by atoms with Crippen molar-refractivity contribution in [1.82, 2.24) is 15.5 Å². The standard InChI is InChI=1S/C20H24F3N3O7/c1-11(24-17(30)12-4-6-14(7-5-12)33-20(21,22)23)19(32)26-8-2-3-15(26)18(31)25-13(10-27)9-16(28)29/h4,6,10-11,13,15H,2-3,5,7-9H2,1H3,(H,24,30)(H,25,31)(H,28,29)/t11?,13?,15-/m0/s1. The van der Waals surface area contributed by atoms with E-state index in [1.54, 1.807) is 0 Å². The number of ether oxygens (including phenoxy) is 1. The van der Waals surface area contributed by atoms with Crippen molar-refractivity contribution in [2.24, 2.45) is 0 Å². The van der Waals surface area contributed by atoms with Gasteiger partial charge in [-0.3, -0.25) is 19.2 Å². The van der Waals surface area contributed by atoms with E-state index in [9.17, 15) is 37.1 Å². The quantitative estimate of drug-likeness (QED) is 0.419. The second-order valence-corrected chi connectivity index (χ2v) is 7.61. The lowest BCUT2D eigenvalue weighted by molar-refractivity contribution is -0.306. The molecular formula is C20H24F3N3O7. The molecule has 1 fully saturated rings. The van der Waals surface area contributed by atoms with Crippen LogP contribution in [0.25, 0.3) is 0 Å². The first-order valence-electron chi connectivity index (χ1n) is 10.2. The van der Waals surface area contributed by atoms with Gasteiger partial charge in [-0.05, 0) is 32.3 Å². The van der Waals surface area contributed by atoms with Gasteiger partial charge in [-0.2, -0.15) is 0 Å². The third-order valence-electron chi connectivity index (χ3n) is 5.09. The molecule has 3 amide bonds. The number of allylic oxidation sites excluding steroid dienone is 3. The molecule has 182 valence electrons. The van der Waals surface area contributed by atoms with Crippen LogP contribution < -0.4 is 10.6 Å².